The van der Waals surface area contributed by atoms with Crippen molar-refractivity contribution in [1.29, 1.82) is 0 Å². The largest absolute Gasteiger partial charge is 0.375 e. The summed E-state index contributed by atoms with van der Waals surface area (Å²) in [6.07, 6.45) is 6.77. The first-order valence-electron chi connectivity index (χ1n) is 3.72. The van der Waals surface area contributed by atoms with E-state index in [0.717, 1.165) is 12.8 Å². The van der Waals surface area contributed by atoms with E-state index in [9.17, 15) is 4.79 Å². The lowest BCUT2D eigenvalue weighted by atomic mass is 10.2. The van der Waals surface area contributed by atoms with E-state index >= 15 is 0 Å². The lowest BCUT2D eigenvalue weighted by molar-refractivity contribution is -0.104. The van der Waals surface area contributed by atoms with Crippen LogP contribution in [0.3, 0.4) is 0 Å². The first kappa shape index (κ1) is 7.32. The Labute approximate surface area is 61.5 Å². The molecule has 0 unspecified atom stereocenters. The van der Waals surface area contributed by atoms with Crippen molar-refractivity contribution in [1.82, 2.24) is 4.90 Å². The zero-order valence-corrected chi connectivity index (χ0v) is 6.29. The maximum Gasteiger partial charge on any atom is 0.144 e. The first-order chi connectivity index (χ1) is 4.84. The van der Waals surface area contributed by atoms with Gasteiger partial charge in [0.25, 0.3) is 0 Å². The van der Waals surface area contributed by atoms with Crippen LogP contribution in [0.25, 0.3) is 0 Å². The average Bonchev–Trinajstić information content (AvgIpc) is 2.31. The highest BCUT2D eigenvalue weighted by Crippen LogP contribution is 2.15. The minimum Gasteiger partial charge on any atom is -0.375 e. The fourth-order valence-electron chi connectivity index (χ4n) is 1.32. The lowest BCUT2D eigenvalue weighted by Gasteiger charge is -2.17. The molecule has 0 amide bonds. The summed E-state index contributed by atoms with van der Waals surface area (Å²) >= 11 is 0. The highest BCUT2D eigenvalue weighted by molar-refractivity contribution is 5.64. The Hall–Kier alpha value is -0.790. The van der Waals surface area contributed by atoms with Crippen LogP contribution in [0.15, 0.2) is 12.3 Å². The zero-order valence-electron chi connectivity index (χ0n) is 6.29. The second kappa shape index (κ2) is 3.40. The van der Waals surface area contributed by atoms with Crippen molar-refractivity contribution in [3.63, 3.8) is 0 Å². The van der Waals surface area contributed by atoms with Crippen molar-refractivity contribution >= 4 is 6.29 Å². The number of carbonyl (C=O) groups is 1. The Bertz CT molecular complexity index is 142. The number of carbonyl (C=O) groups excluding carboxylic acids is 1. The van der Waals surface area contributed by atoms with Crippen LogP contribution < -0.4 is 0 Å². The smallest absolute Gasteiger partial charge is 0.144 e. The molecule has 0 aliphatic carbocycles. The lowest BCUT2D eigenvalue weighted by Crippen LogP contribution is -2.20. The molecule has 10 heavy (non-hydrogen) atoms. The molecule has 2 heteroatoms. The molecule has 1 rings (SSSR count). The molecule has 1 saturated heterocycles. The van der Waals surface area contributed by atoms with Gasteiger partial charge < -0.3 is 4.90 Å². The summed E-state index contributed by atoms with van der Waals surface area (Å²) in [5.41, 5.74) is 0. The van der Waals surface area contributed by atoms with Crippen LogP contribution in [-0.2, 0) is 4.79 Å². The molecule has 1 aliphatic rings. The molecule has 2 nitrogen and oxygen atoms in total. The van der Waals surface area contributed by atoms with E-state index in [0.29, 0.717) is 6.04 Å². The summed E-state index contributed by atoms with van der Waals surface area (Å²) in [5, 5.41) is 0. The Morgan fingerprint density at radius 1 is 1.60 bits per heavy atom. The minimum atomic E-state index is 0.621. The SMILES string of the molecule is C[C@@H]1CCCN1/C=C/C=O. The highest BCUT2D eigenvalue weighted by atomic mass is 16.1. The molecule has 1 heterocycles. The molecule has 1 atom stereocenters. The number of aldehydes is 1. The van der Waals surface area contributed by atoms with E-state index in [4.69, 9.17) is 0 Å². The van der Waals surface area contributed by atoms with Crippen molar-refractivity contribution in [3.05, 3.63) is 12.3 Å². The van der Waals surface area contributed by atoms with E-state index in [1.54, 1.807) is 6.08 Å². The second-order valence-corrected chi connectivity index (χ2v) is 2.71. The fraction of sp³-hybridized carbons (Fsp3) is 0.625. The first-order valence-corrected chi connectivity index (χ1v) is 3.72. The summed E-state index contributed by atoms with van der Waals surface area (Å²) in [6.45, 7) is 3.29. The number of hydrogen-bond donors (Lipinski definition) is 0. The molecule has 0 bridgehead atoms. The average molecular weight is 139 g/mol. The third-order valence-electron chi connectivity index (χ3n) is 1.96. The summed E-state index contributed by atoms with van der Waals surface area (Å²) in [5.74, 6) is 0. The van der Waals surface area contributed by atoms with Gasteiger partial charge in [-0.25, -0.2) is 0 Å². The number of nitrogens with zero attached hydrogens (tertiary/aromatic N) is 1. The van der Waals surface area contributed by atoms with Crippen LogP contribution >= 0.6 is 0 Å². The minimum absolute atomic E-state index is 0.621. The molecule has 0 saturated carbocycles. The summed E-state index contributed by atoms with van der Waals surface area (Å²) < 4.78 is 0. The third kappa shape index (κ3) is 1.59. The Morgan fingerprint density at radius 3 is 2.90 bits per heavy atom. The van der Waals surface area contributed by atoms with Gasteiger partial charge >= 0.3 is 0 Å². The monoisotopic (exact) mass is 139 g/mol. The Morgan fingerprint density at radius 2 is 2.40 bits per heavy atom. The molecule has 0 N–H and O–H groups in total. The van der Waals surface area contributed by atoms with E-state index < -0.39 is 0 Å². The molecule has 0 aromatic heterocycles. The van der Waals surface area contributed by atoms with Crippen molar-refractivity contribution in [2.24, 2.45) is 0 Å². The Balaban J connectivity index is 2.39. The van der Waals surface area contributed by atoms with Crippen LogP contribution in [0.2, 0.25) is 0 Å². The van der Waals surface area contributed by atoms with Crippen LogP contribution in [0.4, 0.5) is 0 Å². The molecule has 1 fully saturated rings. The van der Waals surface area contributed by atoms with Crippen LogP contribution in [-0.4, -0.2) is 23.8 Å². The van der Waals surface area contributed by atoms with E-state index in [2.05, 4.69) is 11.8 Å². The van der Waals surface area contributed by atoms with E-state index in [1.165, 1.54) is 12.8 Å². The topological polar surface area (TPSA) is 20.3 Å². The predicted octanol–water partition coefficient (Wildman–Crippen LogP) is 1.18. The maximum absolute atomic E-state index is 9.95. The number of allylic oxidation sites excluding steroid dienone is 1. The van der Waals surface area contributed by atoms with Crippen molar-refractivity contribution in [3.8, 4) is 0 Å². The molecule has 0 aromatic rings. The molecule has 1 aliphatic heterocycles. The highest BCUT2D eigenvalue weighted by Gasteiger charge is 2.15. The van der Waals surface area contributed by atoms with Gasteiger partial charge in [-0.05, 0) is 25.8 Å². The third-order valence-corrected chi connectivity index (χ3v) is 1.96. The summed E-state index contributed by atoms with van der Waals surface area (Å²) in [6, 6.07) is 0.621. The van der Waals surface area contributed by atoms with Crippen molar-refractivity contribution < 1.29 is 4.79 Å². The van der Waals surface area contributed by atoms with Gasteiger partial charge in [0.1, 0.15) is 6.29 Å². The van der Waals surface area contributed by atoms with Gasteiger partial charge in [-0.2, -0.15) is 0 Å². The maximum atomic E-state index is 9.95. The van der Waals surface area contributed by atoms with Crippen LogP contribution in [0.1, 0.15) is 19.8 Å². The molecular formula is C8H13NO. The van der Waals surface area contributed by atoms with E-state index in [1.807, 2.05) is 6.20 Å². The molecule has 0 spiro atoms. The Kier molecular flexibility index (Phi) is 2.49. The number of likely N-dealkylation sites (tertiary alicyclic amines) is 1. The van der Waals surface area contributed by atoms with Crippen molar-refractivity contribution in [2.45, 2.75) is 25.8 Å². The molecular weight excluding hydrogens is 126 g/mol. The molecule has 0 radical (unpaired) electrons. The van der Waals surface area contributed by atoms with Gasteiger partial charge in [0.15, 0.2) is 0 Å². The van der Waals surface area contributed by atoms with Gasteiger partial charge in [0, 0.05) is 18.8 Å². The zero-order chi connectivity index (χ0) is 7.40. The standard InChI is InChI=1S/C8H13NO/c1-8-4-2-5-9(8)6-3-7-10/h3,6-8H,2,4-5H2,1H3/b6-3+/t8-/m1/s1. The fourth-order valence-corrected chi connectivity index (χ4v) is 1.32. The van der Waals surface area contributed by atoms with Gasteiger partial charge in [0.2, 0.25) is 0 Å². The van der Waals surface area contributed by atoms with Crippen LogP contribution in [0, 0.1) is 0 Å². The summed E-state index contributed by atoms with van der Waals surface area (Å²) in [7, 11) is 0. The number of rotatable bonds is 2. The number of hydrogen-bond acceptors (Lipinski definition) is 2. The van der Waals surface area contributed by atoms with E-state index in [-0.39, 0.29) is 0 Å². The predicted molar refractivity (Wildman–Crippen MR) is 40.6 cm³/mol. The van der Waals surface area contributed by atoms with Crippen molar-refractivity contribution in [2.75, 3.05) is 6.54 Å². The summed E-state index contributed by atoms with van der Waals surface area (Å²) in [4.78, 5) is 12.2. The van der Waals surface area contributed by atoms with Gasteiger partial charge in [-0.1, -0.05) is 0 Å². The quantitative estimate of drug-likeness (QED) is 0.423. The van der Waals surface area contributed by atoms with Gasteiger partial charge in [0.05, 0.1) is 0 Å². The molecule has 0 aromatic carbocycles. The van der Waals surface area contributed by atoms with Gasteiger partial charge in [-0.3, -0.25) is 4.79 Å². The molecule has 56 valence electrons. The second-order valence-electron chi connectivity index (χ2n) is 2.71. The normalized spacial score (nSPS) is 26.1. The van der Waals surface area contributed by atoms with Crippen LogP contribution in [0.5, 0.6) is 0 Å². The van der Waals surface area contributed by atoms with Gasteiger partial charge in [-0.15, -0.1) is 0 Å².